The molecule has 0 aliphatic rings. The van der Waals surface area contributed by atoms with Crippen LogP contribution in [-0.4, -0.2) is 25.5 Å². The van der Waals surface area contributed by atoms with E-state index in [9.17, 15) is 0 Å². The Kier molecular flexibility index (Phi) is 15.5. The Morgan fingerprint density at radius 3 is 1.60 bits per heavy atom. The Hall–Kier alpha value is 0.780. The first kappa shape index (κ1) is 15.8. The lowest BCUT2D eigenvalue weighted by atomic mass is 10.4. The lowest BCUT2D eigenvalue weighted by molar-refractivity contribution is 0.349. The molecule has 0 aliphatic carbocycles. The molecular weight excluding hydrogens is 226 g/mol. The van der Waals surface area contributed by atoms with Gasteiger partial charge in [0.1, 0.15) is 0 Å². The van der Waals surface area contributed by atoms with Crippen LogP contribution in [0.15, 0.2) is 0 Å². The van der Waals surface area contributed by atoms with Gasteiger partial charge in [-0.05, 0) is 31.6 Å². The van der Waals surface area contributed by atoms with E-state index in [4.69, 9.17) is 9.05 Å². The van der Waals surface area contributed by atoms with Gasteiger partial charge in [0, 0.05) is 17.6 Å². The van der Waals surface area contributed by atoms with Crippen LogP contribution in [0, 0.1) is 0 Å². The van der Waals surface area contributed by atoms with Crippen LogP contribution in [0.25, 0.3) is 0 Å². The van der Waals surface area contributed by atoms with Gasteiger partial charge in [-0.15, -0.1) is 0 Å². The molecule has 0 N–H and O–H groups in total. The summed E-state index contributed by atoms with van der Waals surface area (Å²) in [5.41, 5.74) is 0. The molecule has 0 fully saturated rings. The molecule has 0 saturated carbocycles. The van der Waals surface area contributed by atoms with Crippen molar-refractivity contribution in [3.8, 4) is 0 Å². The van der Waals surface area contributed by atoms with Crippen molar-refractivity contribution in [2.24, 2.45) is 0 Å². The maximum absolute atomic E-state index is 5.51. The molecule has 15 heavy (non-hydrogen) atoms. The molecule has 4 heteroatoms. The van der Waals surface area contributed by atoms with E-state index in [2.05, 4.69) is 13.8 Å². The van der Waals surface area contributed by atoms with Crippen molar-refractivity contribution in [3.63, 3.8) is 0 Å². The van der Waals surface area contributed by atoms with Gasteiger partial charge in [-0.1, -0.05) is 26.7 Å². The average molecular weight is 252 g/mol. The maximum atomic E-state index is 5.51. The highest BCUT2D eigenvalue weighted by atomic mass is 31.1. The topological polar surface area (TPSA) is 18.5 Å². The molecule has 0 aromatic rings. The minimum absolute atomic E-state index is 0.703. The van der Waals surface area contributed by atoms with E-state index in [1.165, 1.54) is 44.4 Å². The summed E-state index contributed by atoms with van der Waals surface area (Å²) in [6.45, 7) is 6.29. The van der Waals surface area contributed by atoms with Gasteiger partial charge in [-0.25, -0.2) is 0 Å². The maximum Gasteiger partial charge on any atom is 0.0505 e. The van der Waals surface area contributed by atoms with Gasteiger partial charge in [-0.3, -0.25) is 0 Å². The third-order valence-electron chi connectivity index (χ3n) is 1.96. The first-order valence-corrected chi connectivity index (χ1v) is 8.34. The predicted molar refractivity (Wildman–Crippen MR) is 72.7 cm³/mol. The number of hydrogen-bond acceptors (Lipinski definition) is 2. The molecule has 0 amide bonds. The second kappa shape index (κ2) is 14.8. The van der Waals surface area contributed by atoms with Crippen molar-refractivity contribution < 1.29 is 9.05 Å². The van der Waals surface area contributed by atoms with Crippen molar-refractivity contribution in [2.75, 3.05) is 25.5 Å². The predicted octanol–water partition coefficient (Wildman–Crippen LogP) is 4.20. The van der Waals surface area contributed by atoms with Crippen molar-refractivity contribution in [2.45, 2.75) is 46.0 Å². The second-order valence-corrected chi connectivity index (χ2v) is 5.70. The fourth-order valence-electron chi connectivity index (χ4n) is 0.954. The van der Waals surface area contributed by atoms with Crippen LogP contribution >= 0.6 is 17.6 Å². The smallest absolute Gasteiger partial charge is 0.0505 e. The molecule has 2 atom stereocenters. The standard InChI is InChI=1S/C11H26O2P2/c1-3-5-8-12-14-10-7-11-15-13-9-6-4-2/h14-15H,3-11H2,1-2H3. The molecule has 0 bridgehead atoms. The highest BCUT2D eigenvalue weighted by molar-refractivity contribution is 7.33. The summed E-state index contributed by atoms with van der Waals surface area (Å²) in [4.78, 5) is 0. The summed E-state index contributed by atoms with van der Waals surface area (Å²) >= 11 is 0. The first-order chi connectivity index (χ1) is 7.41. The summed E-state index contributed by atoms with van der Waals surface area (Å²) in [5, 5.41) is 0. The lowest BCUT2D eigenvalue weighted by Crippen LogP contribution is -1.88. The lowest BCUT2D eigenvalue weighted by Gasteiger charge is -2.04. The number of hydrogen-bond donors (Lipinski definition) is 0. The zero-order chi connectivity index (χ0) is 11.2. The molecule has 0 aliphatic heterocycles. The van der Waals surface area contributed by atoms with Gasteiger partial charge in [-0.2, -0.15) is 0 Å². The van der Waals surface area contributed by atoms with E-state index < -0.39 is 0 Å². The summed E-state index contributed by atoms with van der Waals surface area (Å²) in [5.74, 6) is 0. The van der Waals surface area contributed by atoms with Crippen LogP contribution in [0.1, 0.15) is 46.0 Å². The molecule has 0 heterocycles. The zero-order valence-electron chi connectivity index (χ0n) is 10.2. The fraction of sp³-hybridized carbons (Fsp3) is 1.00. The number of unbranched alkanes of at least 4 members (excludes halogenated alkanes) is 2. The zero-order valence-corrected chi connectivity index (χ0v) is 12.2. The van der Waals surface area contributed by atoms with E-state index in [1.54, 1.807) is 0 Å². The summed E-state index contributed by atoms with van der Waals surface area (Å²) in [6.07, 6.45) is 8.56. The Balaban J connectivity index is 2.81. The Morgan fingerprint density at radius 2 is 1.20 bits per heavy atom. The van der Waals surface area contributed by atoms with Crippen molar-refractivity contribution >= 4 is 17.6 Å². The highest BCUT2D eigenvalue weighted by Gasteiger charge is 1.91. The minimum atomic E-state index is 0.703. The van der Waals surface area contributed by atoms with Crippen LogP contribution in [0.3, 0.4) is 0 Å². The third kappa shape index (κ3) is 14.8. The van der Waals surface area contributed by atoms with Crippen LogP contribution in [0.2, 0.25) is 0 Å². The normalized spacial score (nSPS) is 12.4. The fourth-order valence-corrected chi connectivity index (χ4v) is 2.82. The van der Waals surface area contributed by atoms with Gasteiger partial charge in [0.2, 0.25) is 0 Å². The summed E-state index contributed by atoms with van der Waals surface area (Å²) in [6, 6.07) is 0. The van der Waals surface area contributed by atoms with Gasteiger partial charge in [0.15, 0.2) is 0 Å². The SMILES string of the molecule is CCCCOPCCCPOCCCC. The molecule has 0 spiro atoms. The van der Waals surface area contributed by atoms with E-state index >= 15 is 0 Å². The van der Waals surface area contributed by atoms with Crippen LogP contribution in [-0.2, 0) is 9.05 Å². The van der Waals surface area contributed by atoms with Gasteiger partial charge >= 0.3 is 0 Å². The van der Waals surface area contributed by atoms with Crippen molar-refractivity contribution in [1.82, 2.24) is 0 Å². The van der Waals surface area contributed by atoms with Crippen LogP contribution in [0.5, 0.6) is 0 Å². The van der Waals surface area contributed by atoms with E-state index in [1.807, 2.05) is 0 Å². The largest absolute Gasteiger partial charge is 0.362 e. The van der Waals surface area contributed by atoms with Gasteiger partial charge in [0.05, 0.1) is 13.2 Å². The minimum Gasteiger partial charge on any atom is -0.362 e. The summed E-state index contributed by atoms with van der Waals surface area (Å²) < 4.78 is 11.0. The molecular formula is C11H26O2P2. The summed E-state index contributed by atoms with van der Waals surface area (Å²) in [7, 11) is 1.41. The van der Waals surface area contributed by atoms with Crippen molar-refractivity contribution in [1.29, 1.82) is 0 Å². The van der Waals surface area contributed by atoms with Crippen LogP contribution in [0.4, 0.5) is 0 Å². The molecule has 0 aromatic heterocycles. The third-order valence-corrected chi connectivity index (χ3v) is 3.89. The van der Waals surface area contributed by atoms with Gasteiger partial charge < -0.3 is 9.05 Å². The Bertz CT molecular complexity index is 101. The van der Waals surface area contributed by atoms with Crippen LogP contribution < -0.4 is 0 Å². The molecule has 0 rings (SSSR count). The molecule has 0 saturated heterocycles. The quantitative estimate of drug-likeness (QED) is 0.383. The second-order valence-electron chi connectivity index (χ2n) is 3.55. The van der Waals surface area contributed by atoms with Crippen molar-refractivity contribution in [3.05, 3.63) is 0 Å². The highest BCUT2D eigenvalue weighted by Crippen LogP contribution is 2.19. The molecule has 92 valence electrons. The average Bonchev–Trinajstić information content (AvgIpc) is 2.26. The number of rotatable bonds is 12. The molecule has 0 radical (unpaired) electrons. The monoisotopic (exact) mass is 252 g/mol. The molecule has 2 nitrogen and oxygen atoms in total. The van der Waals surface area contributed by atoms with E-state index in [0.717, 1.165) is 13.2 Å². The Morgan fingerprint density at radius 1 is 0.733 bits per heavy atom. The van der Waals surface area contributed by atoms with E-state index in [0.29, 0.717) is 17.6 Å². The molecule has 2 unspecified atom stereocenters. The first-order valence-electron chi connectivity index (χ1n) is 6.11. The van der Waals surface area contributed by atoms with E-state index in [-0.39, 0.29) is 0 Å². The molecule has 0 aromatic carbocycles. The van der Waals surface area contributed by atoms with Gasteiger partial charge in [0.25, 0.3) is 0 Å². The Labute approximate surface area is 98.6 Å².